The molecular weight excluding hydrogens is 420 g/mol. The third-order valence-corrected chi connectivity index (χ3v) is 3.75. The lowest BCUT2D eigenvalue weighted by atomic mass is 10.1. The highest BCUT2D eigenvalue weighted by atomic mass is 79.9. The van der Waals surface area contributed by atoms with Gasteiger partial charge in [-0.25, -0.2) is 4.79 Å². The molecule has 0 radical (unpaired) electrons. The van der Waals surface area contributed by atoms with Gasteiger partial charge in [-0.2, -0.15) is 5.26 Å². The first kappa shape index (κ1) is 22.5. The van der Waals surface area contributed by atoms with Crippen molar-refractivity contribution in [1.29, 1.82) is 5.26 Å². The number of carbonyl (C=O) groups excluding carboxylic acids is 1. The number of benzene rings is 1. The Kier molecular flexibility index (Phi) is 9.93. The number of aliphatic carboxylic acids is 1. The van der Waals surface area contributed by atoms with Gasteiger partial charge >= 0.3 is 5.97 Å². The zero-order chi connectivity index (χ0) is 20.2. The lowest BCUT2D eigenvalue weighted by Crippen LogP contribution is -2.26. The maximum atomic E-state index is 12.1. The van der Waals surface area contributed by atoms with E-state index >= 15 is 0 Å². The van der Waals surface area contributed by atoms with E-state index in [1.807, 2.05) is 6.07 Å². The van der Waals surface area contributed by atoms with E-state index in [9.17, 15) is 14.9 Å². The van der Waals surface area contributed by atoms with E-state index in [0.717, 1.165) is 0 Å². The molecular formula is C18H21BrN2O6. The minimum absolute atomic E-state index is 0.0685. The van der Waals surface area contributed by atoms with Crippen molar-refractivity contribution in [2.45, 2.75) is 13.3 Å². The van der Waals surface area contributed by atoms with E-state index in [1.165, 1.54) is 6.08 Å². The van der Waals surface area contributed by atoms with Crippen LogP contribution < -0.4 is 14.8 Å². The van der Waals surface area contributed by atoms with Crippen LogP contribution in [-0.2, 0) is 14.3 Å². The molecule has 1 aromatic carbocycles. The number of amides is 1. The molecule has 0 unspecified atom stereocenters. The molecule has 146 valence electrons. The summed E-state index contributed by atoms with van der Waals surface area (Å²) >= 11 is 3.30. The van der Waals surface area contributed by atoms with Gasteiger partial charge in [-0.3, -0.25) is 4.79 Å². The van der Waals surface area contributed by atoms with Gasteiger partial charge in [0.15, 0.2) is 18.1 Å². The van der Waals surface area contributed by atoms with Crippen molar-refractivity contribution in [3.63, 3.8) is 0 Å². The van der Waals surface area contributed by atoms with Gasteiger partial charge in [0.1, 0.15) is 11.6 Å². The fourth-order valence-electron chi connectivity index (χ4n) is 2.04. The molecule has 0 atom stereocenters. The number of rotatable bonds is 11. The molecule has 2 N–H and O–H groups in total. The topological polar surface area (TPSA) is 118 Å². The molecule has 0 bridgehead atoms. The second kappa shape index (κ2) is 11.9. The van der Waals surface area contributed by atoms with Gasteiger partial charge in [-0.1, -0.05) is 0 Å². The molecule has 0 aliphatic carbocycles. The van der Waals surface area contributed by atoms with E-state index in [1.54, 1.807) is 26.2 Å². The van der Waals surface area contributed by atoms with Crippen molar-refractivity contribution >= 4 is 33.9 Å². The molecule has 1 amide bonds. The van der Waals surface area contributed by atoms with Crippen molar-refractivity contribution in [3.8, 4) is 17.6 Å². The zero-order valence-corrected chi connectivity index (χ0v) is 16.7. The van der Waals surface area contributed by atoms with Gasteiger partial charge in [-0.05, 0) is 53.0 Å². The number of nitrogens with zero attached hydrogens (tertiary/aromatic N) is 1. The number of halogens is 1. The Morgan fingerprint density at radius 1 is 1.37 bits per heavy atom. The highest BCUT2D eigenvalue weighted by molar-refractivity contribution is 9.10. The molecule has 0 aliphatic heterocycles. The van der Waals surface area contributed by atoms with E-state index in [-0.39, 0.29) is 11.3 Å². The van der Waals surface area contributed by atoms with Crippen molar-refractivity contribution in [2.75, 3.05) is 33.5 Å². The van der Waals surface area contributed by atoms with Gasteiger partial charge in [0.2, 0.25) is 0 Å². The predicted octanol–water partition coefficient (Wildman–Crippen LogP) is 2.37. The molecule has 9 heteroatoms. The first-order chi connectivity index (χ1) is 12.9. The van der Waals surface area contributed by atoms with E-state index in [4.69, 9.17) is 19.3 Å². The molecule has 8 nitrogen and oxygen atoms in total. The Morgan fingerprint density at radius 3 is 2.70 bits per heavy atom. The standard InChI is InChI=1S/C18H21BrN2O6/c1-3-26-15-9-12(8-14(19)17(15)27-11-16(22)23)7-13(10-20)18(24)21-5-4-6-25-2/h7-9H,3-6,11H2,1-2H3,(H,21,24)(H,22,23)/b13-7+. The molecule has 0 aliphatic rings. The van der Waals surface area contributed by atoms with Crippen LogP contribution in [0.15, 0.2) is 22.2 Å². The van der Waals surface area contributed by atoms with Crippen molar-refractivity contribution in [3.05, 3.63) is 27.7 Å². The summed E-state index contributed by atoms with van der Waals surface area (Å²) in [5.74, 6) is -1.07. The van der Waals surface area contributed by atoms with Crippen LogP contribution in [0.2, 0.25) is 0 Å². The Balaban J connectivity index is 3.06. The summed E-state index contributed by atoms with van der Waals surface area (Å²) in [5.41, 5.74) is 0.456. The normalized spacial score (nSPS) is 10.8. The maximum Gasteiger partial charge on any atom is 0.341 e. The number of nitrogens with one attached hydrogen (secondary N) is 1. The summed E-state index contributed by atoms with van der Waals surface area (Å²) in [6.07, 6.45) is 2.05. The molecule has 0 aromatic heterocycles. The Bertz CT molecular complexity index is 742. The number of carboxylic acids is 1. The maximum absolute atomic E-state index is 12.1. The molecule has 27 heavy (non-hydrogen) atoms. The van der Waals surface area contributed by atoms with Gasteiger partial charge in [0.05, 0.1) is 11.1 Å². The van der Waals surface area contributed by atoms with Crippen molar-refractivity contribution < 1.29 is 28.9 Å². The largest absolute Gasteiger partial charge is 0.490 e. The van der Waals surface area contributed by atoms with Gasteiger partial charge in [-0.15, -0.1) is 0 Å². The average Bonchev–Trinajstić information content (AvgIpc) is 2.62. The van der Waals surface area contributed by atoms with Crippen LogP contribution in [0.25, 0.3) is 6.08 Å². The minimum atomic E-state index is -1.12. The van der Waals surface area contributed by atoms with E-state index in [2.05, 4.69) is 21.2 Å². The molecule has 0 spiro atoms. The average molecular weight is 441 g/mol. The summed E-state index contributed by atoms with van der Waals surface area (Å²) in [4.78, 5) is 22.8. The number of hydrogen-bond acceptors (Lipinski definition) is 6. The second-order valence-electron chi connectivity index (χ2n) is 5.22. The Morgan fingerprint density at radius 2 is 2.11 bits per heavy atom. The van der Waals surface area contributed by atoms with E-state index in [0.29, 0.717) is 42.0 Å². The van der Waals surface area contributed by atoms with Gasteiger partial charge in [0, 0.05) is 20.3 Å². The van der Waals surface area contributed by atoms with Crippen molar-refractivity contribution in [1.82, 2.24) is 5.32 Å². The number of carboxylic acid groups (broad SMARTS) is 1. The quantitative estimate of drug-likeness (QED) is 0.308. The van der Waals surface area contributed by atoms with Crippen molar-refractivity contribution in [2.24, 2.45) is 0 Å². The van der Waals surface area contributed by atoms with Gasteiger partial charge in [0.25, 0.3) is 5.91 Å². The van der Waals surface area contributed by atoms with Gasteiger partial charge < -0.3 is 24.6 Å². The molecule has 0 saturated heterocycles. The highest BCUT2D eigenvalue weighted by Gasteiger charge is 2.15. The fraction of sp³-hybridized carbons (Fsp3) is 0.389. The lowest BCUT2D eigenvalue weighted by Gasteiger charge is -2.13. The minimum Gasteiger partial charge on any atom is -0.490 e. The number of ether oxygens (including phenoxy) is 3. The van der Waals surface area contributed by atoms with Crippen LogP contribution >= 0.6 is 15.9 Å². The lowest BCUT2D eigenvalue weighted by molar-refractivity contribution is -0.139. The summed E-state index contributed by atoms with van der Waals surface area (Å²) in [6.45, 7) is 2.47. The highest BCUT2D eigenvalue weighted by Crippen LogP contribution is 2.37. The zero-order valence-electron chi connectivity index (χ0n) is 15.1. The van der Waals surface area contributed by atoms with Crippen LogP contribution in [0.5, 0.6) is 11.5 Å². The summed E-state index contributed by atoms with van der Waals surface area (Å²) < 4.78 is 16.1. The smallest absolute Gasteiger partial charge is 0.341 e. The third kappa shape index (κ3) is 7.68. The molecule has 1 aromatic rings. The summed E-state index contributed by atoms with van der Waals surface area (Å²) in [5, 5.41) is 20.7. The number of methoxy groups -OCH3 is 1. The third-order valence-electron chi connectivity index (χ3n) is 3.16. The SMILES string of the molecule is CCOc1cc(/C=C(\C#N)C(=O)NCCCOC)cc(Br)c1OCC(=O)O. The second-order valence-corrected chi connectivity index (χ2v) is 6.07. The Hall–Kier alpha value is -2.57. The Labute approximate surface area is 165 Å². The fourth-order valence-corrected chi connectivity index (χ4v) is 2.61. The van der Waals surface area contributed by atoms with Crippen LogP contribution in [-0.4, -0.2) is 50.5 Å². The van der Waals surface area contributed by atoms with Crippen LogP contribution in [0.3, 0.4) is 0 Å². The number of nitriles is 1. The number of hydrogen-bond donors (Lipinski definition) is 2. The van der Waals surface area contributed by atoms with E-state index < -0.39 is 18.5 Å². The van der Waals surface area contributed by atoms with Crippen LogP contribution in [0.4, 0.5) is 0 Å². The molecule has 0 saturated carbocycles. The molecule has 0 fully saturated rings. The summed E-state index contributed by atoms with van der Waals surface area (Å²) in [6, 6.07) is 5.05. The molecule has 1 rings (SSSR count). The predicted molar refractivity (Wildman–Crippen MR) is 102 cm³/mol. The van der Waals surface area contributed by atoms with Crippen LogP contribution in [0, 0.1) is 11.3 Å². The molecule has 0 heterocycles. The monoisotopic (exact) mass is 440 g/mol. The van der Waals surface area contributed by atoms with Crippen LogP contribution in [0.1, 0.15) is 18.9 Å². The first-order valence-corrected chi connectivity index (χ1v) is 8.92. The first-order valence-electron chi connectivity index (χ1n) is 8.12. The number of carbonyl (C=O) groups is 2. The summed E-state index contributed by atoms with van der Waals surface area (Å²) in [7, 11) is 1.57.